The van der Waals surface area contributed by atoms with Gasteiger partial charge in [0, 0.05) is 38.7 Å². The number of likely N-dealkylation sites (tertiary alicyclic amines) is 2. The van der Waals surface area contributed by atoms with Crippen LogP contribution in [0.25, 0.3) is 0 Å². The first-order chi connectivity index (χ1) is 14.9. The molecule has 3 aliphatic rings. The van der Waals surface area contributed by atoms with Crippen LogP contribution in [-0.4, -0.2) is 77.4 Å². The zero-order chi connectivity index (χ0) is 21.8. The van der Waals surface area contributed by atoms with E-state index in [0.29, 0.717) is 37.3 Å². The van der Waals surface area contributed by atoms with Gasteiger partial charge in [0.1, 0.15) is 11.5 Å². The smallest absolute Gasteiger partial charge is 0.256 e. The highest BCUT2D eigenvalue weighted by atomic mass is 16.2. The number of anilines is 1. The molecule has 1 spiro atoms. The molecule has 2 fully saturated rings. The van der Waals surface area contributed by atoms with Gasteiger partial charge in [-0.3, -0.25) is 14.4 Å². The largest absolute Gasteiger partial charge is 0.353 e. The van der Waals surface area contributed by atoms with Gasteiger partial charge in [-0.25, -0.2) is 4.98 Å². The summed E-state index contributed by atoms with van der Waals surface area (Å²) < 4.78 is 0. The Balaban J connectivity index is 1.27. The number of carbonyl (C=O) groups is 3. The van der Waals surface area contributed by atoms with Gasteiger partial charge in [-0.2, -0.15) is 0 Å². The van der Waals surface area contributed by atoms with Gasteiger partial charge in [-0.1, -0.05) is 6.92 Å². The van der Waals surface area contributed by atoms with Crippen molar-refractivity contribution in [3.63, 3.8) is 0 Å². The molecular formula is C22H32N6O3. The van der Waals surface area contributed by atoms with E-state index in [-0.39, 0.29) is 30.7 Å². The maximum absolute atomic E-state index is 12.6. The van der Waals surface area contributed by atoms with E-state index in [2.05, 4.69) is 32.8 Å². The van der Waals surface area contributed by atoms with Crippen molar-refractivity contribution in [1.29, 1.82) is 0 Å². The van der Waals surface area contributed by atoms with E-state index in [9.17, 15) is 14.4 Å². The number of hydrogen-bond acceptors (Lipinski definition) is 6. The quantitative estimate of drug-likeness (QED) is 0.640. The van der Waals surface area contributed by atoms with E-state index in [1.807, 2.05) is 0 Å². The van der Waals surface area contributed by atoms with Crippen LogP contribution in [0.1, 0.15) is 49.4 Å². The predicted octanol–water partition coefficient (Wildman–Crippen LogP) is 0.794. The van der Waals surface area contributed by atoms with Crippen LogP contribution in [0.2, 0.25) is 0 Å². The SMILES string of the molecule is CC1CCN(CCNC(=O)CN2CC[C@@]3(CCC2=O)NC(=O)c2cccnc2N3)CC1. The van der Waals surface area contributed by atoms with E-state index in [1.54, 1.807) is 23.2 Å². The molecule has 1 atom stereocenters. The Morgan fingerprint density at radius 3 is 2.84 bits per heavy atom. The molecule has 1 aromatic heterocycles. The second-order valence-electron chi connectivity index (χ2n) is 9.00. The molecule has 1 aromatic rings. The maximum atomic E-state index is 12.6. The van der Waals surface area contributed by atoms with Crippen molar-refractivity contribution in [3.8, 4) is 0 Å². The van der Waals surface area contributed by atoms with E-state index >= 15 is 0 Å². The van der Waals surface area contributed by atoms with E-state index < -0.39 is 5.66 Å². The number of piperidine rings is 1. The topological polar surface area (TPSA) is 107 Å². The molecule has 0 aliphatic carbocycles. The van der Waals surface area contributed by atoms with Crippen LogP contribution in [0.3, 0.4) is 0 Å². The summed E-state index contributed by atoms with van der Waals surface area (Å²) >= 11 is 0. The highest BCUT2D eigenvalue weighted by Gasteiger charge is 2.41. The van der Waals surface area contributed by atoms with Gasteiger partial charge >= 0.3 is 0 Å². The minimum Gasteiger partial charge on any atom is -0.353 e. The third-order valence-corrected chi connectivity index (χ3v) is 6.65. The number of pyridine rings is 1. The predicted molar refractivity (Wildman–Crippen MR) is 116 cm³/mol. The maximum Gasteiger partial charge on any atom is 0.256 e. The zero-order valence-electron chi connectivity index (χ0n) is 18.2. The van der Waals surface area contributed by atoms with Gasteiger partial charge in [0.15, 0.2) is 0 Å². The lowest BCUT2D eigenvalue weighted by Gasteiger charge is -2.39. The molecule has 9 nitrogen and oxygen atoms in total. The summed E-state index contributed by atoms with van der Waals surface area (Å²) in [7, 11) is 0. The normalized spacial score (nSPS) is 24.9. The number of rotatable bonds is 5. The van der Waals surface area contributed by atoms with Gasteiger partial charge in [0.25, 0.3) is 5.91 Å². The van der Waals surface area contributed by atoms with E-state index in [0.717, 1.165) is 25.6 Å². The zero-order valence-corrected chi connectivity index (χ0v) is 18.2. The molecule has 0 saturated carbocycles. The first-order valence-electron chi connectivity index (χ1n) is 11.3. The van der Waals surface area contributed by atoms with Crippen LogP contribution in [0, 0.1) is 5.92 Å². The molecule has 0 aromatic carbocycles. The lowest BCUT2D eigenvalue weighted by molar-refractivity contribution is -0.135. The van der Waals surface area contributed by atoms with Crippen molar-refractivity contribution < 1.29 is 14.4 Å². The van der Waals surface area contributed by atoms with Crippen LogP contribution in [0.15, 0.2) is 18.3 Å². The van der Waals surface area contributed by atoms with E-state index in [1.165, 1.54) is 12.8 Å². The third-order valence-electron chi connectivity index (χ3n) is 6.65. The number of fused-ring (bicyclic) bond motifs is 1. The first-order valence-corrected chi connectivity index (χ1v) is 11.3. The van der Waals surface area contributed by atoms with Crippen molar-refractivity contribution >= 4 is 23.5 Å². The summed E-state index contributed by atoms with van der Waals surface area (Å²) in [5, 5.41) is 9.29. The van der Waals surface area contributed by atoms with Gasteiger partial charge in [0.2, 0.25) is 11.8 Å². The van der Waals surface area contributed by atoms with Crippen molar-refractivity contribution in [2.45, 2.75) is 44.7 Å². The Kier molecular flexibility index (Phi) is 6.41. The Labute approximate surface area is 182 Å². The average Bonchev–Trinajstić information content (AvgIpc) is 2.89. The molecule has 31 heavy (non-hydrogen) atoms. The fourth-order valence-corrected chi connectivity index (χ4v) is 4.57. The average molecular weight is 429 g/mol. The molecule has 3 aliphatic heterocycles. The molecule has 0 radical (unpaired) electrons. The molecular weight excluding hydrogens is 396 g/mol. The fourth-order valence-electron chi connectivity index (χ4n) is 4.57. The molecule has 3 amide bonds. The lowest BCUT2D eigenvalue weighted by atomic mass is 9.97. The van der Waals surface area contributed by atoms with Gasteiger partial charge in [0.05, 0.1) is 12.1 Å². The van der Waals surface area contributed by atoms with Crippen molar-refractivity contribution in [2.75, 3.05) is 44.6 Å². The highest BCUT2D eigenvalue weighted by molar-refractivity contribution is 6.01. The highest BCUT2D eigenvalue weighted by Crippen LogP contribution is 2.30. The molecule has 9 heteroatoms. The first kappa shape index (κ1) is 21.5. The number of nitrogens with one attached hydrogen (secondary N) is 3. The summed E-state index contributed by atoms with van der Waals surface area (Å²) in [6.07, 6.45) is 5.29. The minimum absolute atomic E-state index is 0.0503. The monoisotopic (exact) mass is 428 g/mol. The van der Waals surface area contributed by atoms with Crippen LogP contribution >= 0.6 is 0 Å². The van der Waals surface area contributed by atoms with Crippen LogP contribution in [0.4, 0.5) is 5.82 Å². The molecule has 0 unspecified atom stereocenters. The molecule has 3 N–H and O–H groups in total. The molecule has 2 saturated heterocycles. The van der Waals surface area contributed by atoms with Gasteiger partial charge in [-0.15, -0.1) is 0 Å². The summed E-state index contributed by atoms with van der Waals surface area (Å²) in [5.41, 5.74) is -0.215. The van der Waals surface area contributed by atoms with Crippen molar-refractivity contribution in [2.24, 2.45) is 5.92 Å². The molecule has 4 rings (SSSR count). The molecule has 0 bridgehead atoms. The number of nitrogens with zero attached hydrogens (tertiary/aromatic N) is 3. The van der Waals surface area contributed by atoms with E-state index in [4.69, 9.17) is 0 Å². The summed E-state index contributed by atoms with van der Waals surface area (Å²) in [6, 6.07) is 3.45. The van der Waals surface area contributed by atoms with Gasteiger partial charge in [-0.05, 0) is 50.4 Å². The van der Waals surface area contributed by atoms with Crippen molar-refractivity contribution in [3.05, 3.63) is 23.9 Å². The van der Waals surface area contributed by atoms with Crippen LogP contribution < -0.4 is 16.0 Å². The third kappa shape index (κ3) is 5.15. The fraction of sp³-hybridized carbons (Fsp3) is 0.636. The minimum atomic E-state index is -0.718. The Morgan fingerprint density at radius 2 is 2.03 bits per heavy atom. The van der Waals surface area contributed by atoms with Crippen LogP contribution in [-0.2, 0) is 9.59 Å². The number of amides is 3. The lowest BCUT2D eigenvalue weighted by Crippen LogP contribution is -2.58. The van der Waals surface area contributed by atoms with Crippen molar-refractivity contribution in [1.82, 2.24) is 25.4 Å². The Bertz CT molecular complexity index is 838. The summed E-state index contributed by atoms with van der Waals surface area (Å²) in [5.74, 6) is 0.933. The Morgan fingerprint density at radius 1 is 1.23 bits per heavy atom. The summed E-state index contributed by atoms with van der Waals surface area (Å²) in [6.45, 7) is 6.34. The number of hydrogen-bond donors (Lipinski definition) is 3. The van der Waals surface area contributed by atoms with Gasteiger partial charge < -0.3 is 25.8 Å². The number of aromatic nitrogens is 1. The number of carbonyl (C=O) groups excluding carboxylic acids is 3. The second kappa shape index (κ2) is 9.21. The second-order valence-corrected chi connectivity index (χ2v) is 9.00. The summed E-state index contributed by atoms with van der Waals surface area (Å²) in [4.78, 5) is 45.8. The molecule has 4 heterocycles. The standard InChI is InChI=1S/C22H32N6O3/c1-16-5-11-27(12-6-16)14-10-23-18(29)15-28-13-8-22(7-4-19(28)30)25-20-17(21(31)26-22)3-2-9-24-20/h2-3,9,16H,4-8,10-15H2,1H3,(H,23,29)(H,24,25)(H,26,31)/t22-/m1/s1. The van der Waals surface area contributed by atoms with Crippen LogP contribution in [0.5, 0.6) is 0 Å². The molecule has 168 valence electrons. The Hall–Kier alpha value is -2.68.